The first-order valence-corrected chi connectivity index (χ1v) is 27.0. The van der Waals surface area contributed by atoms with Crippen LogP contribution in [0.5, 0.6) is 23.1 Å². The van der Waals surface area contributed by atoms with Crippen molar-refractivity contribution < 1.29 is 42.4 Å². The molecule has 10 rings (SSSR count). The van der Waals surface area contributed by atoms with Gasteiger partial charge in [0, 0.05) is 74.4 Å². The summed E-state index contributed by atoms with van der Waals surface area (Å²) in [4.78, 5) is 54.0. The zero-order valence-electron chi connectivity index (χ0n) is 43.8. The van der Waals surface area contributed by atoms with Crippen molar-refractivity contribution in [1.29, 1.82) is 0 Å². The molecule has 0 radical (unpaired) electrons. The second kappa shape index (κ2) is 22.8. The molecular formula is C56H64Cl2FN7O8S. The van der Waals surface area contributed by atoms with Crippen molar-refractivity contribution in [3.8, 4) is 44.7 Å². The molecule has 2 fully saturated rings. The fraction of sp³-hybridized carbons (Fsp3) is 0.464. The topological polar surface area (TPSA) is 151 Å². The summed E-state index contributed by atoms with van der Waals surface area (Å²) in [6, 6.07) is 13.5. The lowest BCUT2D eigenvalue weighted by molar-refractivity contribution is -0.163. The molecule has 0 saturated carbocycles. The molecule has 2 saturated heterocycles. The van der Waals surface area contributed by atoms with E-state index >= 15 is 0 Å². The number of esters is 2. The summed E-state index contributed by atoms with van der Waals surface area (Å²) < 4.78 is 52.9. The van der Waals surface area contributed by atoms with Crippen LogP contribution in [0.4, 0.5) is 10.3 Å². The summed E-state index contributed by atoms with van der Waals surface area (Å²) in [6.45, 7) is 19.1. The molecule has 3 aromatic carbocycles. The minimum Gasteiger partial charge on any atom is -0.490 e. The van der Waals surface area contributed by atoms with Crippen LogP contribution in [-0.2, 0) is 32.1 Å². The minimum atomic E-state index is -1.28. The summed E-state index contributed by atoms with van der Waals surface area (Å²) in [5.74, 6) is 0.766. The molecule has 0 amide bonds. The summed E-state index contributed by atoms with van der Waals surface area (Å²) in [7, 11) is 2.11. The van der Waals surface area contributed by atoms with Gasteiger partial charge >= 0.3 is 11.9 Å². The van der Waals surface area contributed by atoms with Gasteiger partial charge < -0.3 is 38.2 Å². The van der Waals surface area contributed by atoms with Crippen LogP contribution in [-0.4, -0.2) is 126 Å². The van der Waals surface area contributed by atoms with Crippen LogP contribution < -0.4 is 23.8 Å². The summed E-state index contributed by atoms with van der Waals surface area (Å²) in [5.41, 5.74) is 3.57. The Balaban J connectivity index is 1.12. The molecule has 4 aliphatic heterocycles. The first-order valence-electron chi connectivity index (χ1n) is 25.5. The van der Waals surface area contributed by atoms with E-state index in [4.69, 9.17) is 66.6 Å². The van der Waals surface area contributed by atoms with Crippen molar-refractivity contribution in [2.75, 3.05) is 71.0 Å². The molecule has 19 heteroatoms. The molecule has 2 atom stereocenters. The Hall–Kier alpha value is -5.85. The molecule has 3 aromatic heterocycles. The number of hydrogen-bond acceptors (Lipinski definition) is 16. The zero-order chi connectivity index (χ0) is 53.2. The number of piperazine rings is 1. The highest BCUT2D eigenvalue weighted by atomic mass is 35.5. The van der Waals surface area contributed by atoms with Gasteiger partial charge in [0.15, 0.2) is 5.75 Å². The van der Waals surface area contributed by atoms with E-state index in [-0.39, 0.29) is 42.7 Å². The van der Waals surface area contributed by atoms with Gasteiger partial charge in [-0.25, -0.2) is 29.1 Å². The van der Waals surface area contributed by atoms with Crippen LogP contribution in [0.3, 0.4) is 0 Å². The first-order chi connectivity index (χ1) is 35.8. The molecule has 15 nitrogen and oxygen atoms in total. The molecule has 0 unspecified atom stereocenters. The van der Waals surface area contributed by atoms with Crippen LogP contribution in [0.1, 0.15) is 76.3 Å². The predicted molar refractivity (Wildman–Crippen MR) is 289 cm³/mol. The standard InChI is InChI=1S/C56H64Cl2FN7O8S/c1-9-69-43(67)28-56(7)17-20-66(21-18-56)54-60-19-16-38(63-54)30-71-41-15-14-39-26-36(41)27-42(53(68)74-55(4,5)6)73-51-46-45(50(75-52(46)62-32-61-51)35-10-12-37(59)13-11-35)44-33(2)47(57)49(48(58)34(44)3)72-40(31-70-39)29-65-24-22-64(8)23-25-65/h10-16,19,26,32,40,42H,9,17-18,20-25,27-31H2,1-8H3/t40-,42-/m1/s1. The smallest absolute Gasteiger partial charge is 0.348 e. The lowest BCUT2D eigenvalue weighted by Gasteiger charge is -2.38. The number of fused-ring (bicyclic) bond motifs is 7. The summed E-state index contributed by atoms with van der Waals surface area (Å²) in [5, 5.41) is 1.13. The number of rotatable bonds is 11. The van der Waals surface area contributed by atoms with E-state index in [9.17, 15) is 14.0 Å². The number of ether oxygens (including phenoxy) is 6. The fourth-order valence-electron chi connectivity index (χ4n) is 9.83. The molecule has 0 aliphatic carbocycles. The van der Waals surface area contributed by atoms with E-state index in [0.717, 1.165) is 43.9 Å². The lowest BCUT2D eigenvalue weighted by atomic mass is 9.77. The van der Waals surface area contributed by atoms with E-state index in [2.05, 4.69) is 33.7 Å². The predicted octanol–water partition coefficient (Wildman–Crippen LogP) is 10.7. The minimum absolute atomic E-state index is 0.0319. The van der Waals surface area contributed by atoms with Gasteiger partial charge in [-0.2, -0.15) is 0 Å². The fourth-order valence-corrected chi connectivity index (χ4v) is 11.5. The molecule has 4 aliphatic rings. The maximum absolute atomic E-state index is 14.6. The maximum Gasteiger partial charge on any atom is 0.348 e. The van der Waals surface area contributed by atoms with Gasteiger partial charge in [0.2, 0.25) is 17.9 Å². The van der Waals surface area contributed by atoms with Crippen molar-refractivity contribution in [2.24, 2.45) is 5.41 Å². The second-order valence-corrected chi connectivity index (χ2v) is 22.7. The number of carbonyl (C=O) groups is 2. The van der Waals surface area contributed by atoms with Crippen molar-refractivity contribution in [2.45, 2.75) is 98.6 Å². The van der Waals surface area contributed by atoms with Crippen LogP contribution in [0.2, 0.25) is 10.0 Å². The SMILES string of the molecule is CCOC(=O)CC1(C)CCN(c2nccc(COc3ccc4cc3C[C@H](C(=O)OC(C)(C)C)Oc3ncnc5sc(-c6ccc(F)cc6)c(c35)-c3c(C)c(Cl)c(c(Cl)c3C)O[C@H](CN3CCN(C)CC3)CO4)n2)CC1. The molecule has 0 spiro atoms. The average Bonchev–Trinajstić information content (AvgIpc) is 3.77. The van der Waals surface area contributed by atoms with Crippen LogP contribution >= 0.6 is 34.5 Å². The molecule has 75 heavy (non-hydrogen) atoms. The number of likely N-dealkylation sites (N-methyl/N-ethyl adjacent to an activating group) is 1. The third-order valence-electron chi connectivity index (χ3n) is 14.0. The molecule has 398 valence electrons. The number of thiophene rings is 1. The third-order valence-corrected chi connectivity index (χ3v) is 16.0. The van der Waals surface area contributed by atoms with E-state index in [1.54, 1.807) is 39.1 Å². The van der Waals surface area contributed by atoms with E-state index in [1.165, 1.54) is 29.8 Å². The second-order valence-electron chi connectivity index (χ2n) is 20.9. The Bertz CT molecular complexity index is 3020. The van der Waals surface area contributed by atoms with Crippen molar-refractivity contribution in [3.05, 3.63) is 99.3 Å². The average molecular weight is 1090 g/mol. The normalized spacial score (nSPS) is 18.4. The molecule has 6 aromatic rings. The lowest BCUT2D eigenvalue weighted by Crippen LogP contribution is -2.49. The highest BCUT2D eigenvalue weighted by Crippen LogP contribution is 2.53. The van der Waals surface area contributed by atoms with Gasteiger partial charge in [-0.1, -0.05) is 42.3 Å². The Kier molecular flexibility index (Phi) is 16.4. The highest BCUT2D eigenvalue weighted by molar-refractivity contribution is 7.22. The van der Waals surface area contributed by atoms with E-state index in [0.29, 0.717) is 115 Å². The Morgan fingerprint density at radius 3 is 2.33 bits per heavy atom. The van der Waals surface area contributed by atoms with Gasteiger partial charge in [0.1, 0.15) is 53.4 Å². The van der Waals surface area contributed by atoms with E-state index < -0.39 is 23.8 Å². The Morgan fingerprint density at radius 1 is 0.920 bits per heavy atom. The number of benzene rings is 3. The number of halogens is 3. The van der Waals surface area contributed by atoms with Crippen LogP contribution in [0.25, 0.3) is 31.8 Å². The number of piperidine rings is 1. The van der Waals surface area contributed by atoms with Gasteiger partial charge in [-0.3, -0.25) is 9.69 Å². The third kappa shape index (κ3) is 12.5. The van der Waals surface area contributed by atoms with Crippen molar-refractivity contribution in [1.82, 2.24) is 29.7 Å². The number of nitrogens with zero attached hydrogens (tertiary/aromatic N) is 7. The zero-order valence-corrected chi connectivity index (χ0v) is 46.1. The maximum atomic E-state index is 14.6. The number of hydrogen-bond donors (Lipinski definition) is 0. The first kappa shape index (κ1) is 54.0. The van der Waals surface area contributed by atoms with Gasteiger partial charge in [0.25, 0.3) is 0 Å². The molecular weight excluding hydrogens is 1020 g/mol. The molecule has 0 N–H and O–H groups in total. The van der Waals surface area contributed by atoms with Gasteiger partial charge in [-0.05, 0) is 125 Å². The van der Waals surface area contributed by atoms with Crippen LogP contribution in [0, 0.1) is 25.1 Å². The summed E-state index contributed by atoms with van der Waals surface area (Å²) in [6.07, 6.45) is 3.21. The largest absolute Gasteiger partial charge is 0.490 e. The molecule has 7 heterocycles. The van der Waals surface area contributed by atoms with Crippen LogP contribution in [0.15, 0.2) is 61.1 Å². The van der Waals surface area contributed by atoms with Crippen molar-refractivity contribution >= 4 is 62.6 Å². The van der Waals surface area contributed by atoms with Gasteiger partial charge in [0.05, 0.1) is 34.2 Å². The number of anilines is 1. The van der Waals surface area contributed by atoms with Crippen molar-refractivity contribution in [3.63, 3.8) is 0 Å². The van der Waals surface area contributed by atoms with Gasteiger partial charge in [-0.15, -0.1) is 11.3 Å². The molecule has 4 bridgehead atoms. The number of carbonyl (C=O) groups excluding carboxylic acids is 2. The monoisotopic (exact) mass is 1080 g/mol. The highest BCUT2D eigenvalue weighted by Gasteiger charge is 2.36. The Labute approximate surface area is 451 Å². The summed E-state index contributed by atoms with van der Waals surface area (Å²) >= 11 is 16.2. The quantitative estimate of drug-likeness (QED) is 0.113. The number of aromatic nitrogens is 4. The Morgan fingerprint density at radius 2 is 1.64 bits per heavy atom. The van der Waals surface area contributed by atoms with E-state index in [1.807, 2.05) is 45.0 Å².